The number of rotatable bonds is 2. The molecule has 3 N–H and O–H groups in total. The van der Waals surface area contributed by atoms with Crippen molar-refractivity contribution in [1.29, 1.82) is 0 Å². The fraction of sp³-hybridized carbons (Fsp3) is 0.444. The maximum Gasteiger partial charge on any atom is 0.256 e. The average molecular weight is 182 g/mol. The van der Waals surface area contributed by atoms with Crippen LogP contribution < -0.4 is 10.9 Å². The number of aromatic nitrogens is 1. The fourth-order valence-corrected chi connectivity index (χ4v) is 1.24. The summed E-state index contributed by atoms with van der Waals surface area (Å²) in [5, 5.41) is 12.4. The van der Waals surface area contributed by atoms with Gasteiger partial charge in [0.2, 0.25) is 0 Å². The molecule has 72 valence electrons. The second-order valence-electron chi connectivity index (χ2n) is 3.09. The highest BCUT2D eigenvalue weighted by Crippen LogP contribution is 2.19. The molecule has 0 fully saturated rings. The standard InChI is InChI=1S/C9H14N2O2/c1-5-4-7(12)8(6(2)10-3)9(13)11-5/h4,6,10H,1-3H3,(H2,11,12,13)/t6-/m0/s1. The lowest BCUT2D eigenvalue weighted by Crippen LogP contribution is -2.23. The molecule has 4 heteroatoms. The van der Waals surface area contributed by atoms with Gasteiger partial charge in [0.05, 0.1) is 5.56 Å². The second-order valence-corrected chi connectivity index (χ2v) is 3.09. The number of hydrogen-bond acceptors (Lipinski definition) is 3. The summed E-state index contributed by atoms with van der Waals surface area (Å²) in [6.45, 7) is 3.55. The van der Waals surface area contributed by atoms with Crippen molar-refractivity contribution in [1.82, 2.24) is 10.3 Å². The van der Waals surface area contributed by atoms with Gasteiger partial charge in [-0.25, -0.2) is 0 Å². The molecule has 0 aromatic carbocycles. The summed E-state index contributed by atoms with van der Waals surface area (Å²) in [6, 6.07) is 1.40. The molecule has 0 aliphatic rings. The monoisotopic (exact) mass is 182 g/mol. The number of aromatic hydroxyl groups is 1. The van der Waals surface area contributed by atoms with Gasteiger partial charge in [0.25, 0.3) is 5.56 Å². The molecule has 0 amide bonds. The minimum Gasteiger partial charge on any atom is -0.507 e. The zero-order valence-corrected chi connectivity index (χ0v) is 8.01. The van der Waals surface area contributed by atoms with Crippen molar-refractivity contribution in [2.24, 2.45) is 0 Å². The summed E-state index contributed by atoms with van der Waals surface area (Å²) >= 11 is 0. The van der Waals surface area contributed by atoms with Crippen molar-refractivity contribution in [3.05, 3.63) is 27.7 Å². The Balaban J connectivity index is 3.29. The molecule has 0 unspecified atom stereocenters. The lowest BCUT2D eigenvalue weighted by molar-refractivity contribution is 0.454. The van der Waals surface area contributed by atoms with E-state index < -0.39 is 0 Å². The molecule has 0 bridgehead atoms. The molecule has 0 saturated heterocycles. The van der Waals surface area contributed by atoms with Crippen LogP contribution in [0.3, 0.4) is 0 Å². The van der Waals surface area contributed by atoms with Crippen LogP contribution in [-0.2, 0) is 0 Å². The Morgan fingerprint density at radius 2 is 2.23 bits per heavy atom. The third kappa shape index (κ3) is 1.89. The first-order valence-corrected chi connectivity index (χ1v) is 4.16. The van der Waals surface area contributed by atoms with Crippen LogP contribution >= 0.6 is 0 Å². The Morgan fingerprint density at radius 3 is 2.69 bits per heavy atom. The smallest absolute Gasteiger partial charge is 0.256 e. The van der Waals surface area contributed by atoms with Crippen LogP contribution in [0.25, 0.3) is 0 Å². The van der Waals surface area contributed by atoms with Gasteiger partial charge in [0.15, 0.2) is 0 Å². The Bertz CT molecular complexity index is 357. The van der Waals surface area contributed by atoms with Crippen molar-refractivity contribution in [3.8, 4) is 5.75 Å². The Hall–Kier alpha value is -1.29. The first-order chi connectivity index (χ1) is 6.06. The number of nitrogens with one attached hydrogen (secondary N) is 2. The molecule has 1 atom stereocenters. The highest BCUT2D eigenvalue weighted by molar-refractivity contribution is 5.33. The molecule has 0 aliphatic heterocycles. The molecule has 13 heavy (non-hydrogen) atoms. The van der Waals surface area contributed by atoms with Gasteiger partial charge in [-0.15, -0.1) is 0 Å². The van der Waals surface area contributed by atoms with Crippen LogP contribution in [0.1, 0.15) is 24.2 Å². The summed E-state index contributed by atoms with van der Waals surface area (Å²) in [7, 11) is 1.74. The topological polar surface area (TPSA) is 65.1 Å². The highest BCUT2D eigenvalue weighted by Gasteiger charge is 2.12. The normalized spacial score (nSPS) is 12.8. The van der Waals surface area contributed by atoms with E-state index in [0.717, 1.165) is 0 Å². The summed E-state index contributed by atoms with van der Waals surface area (Å²) < 4.78 is 0. The Labute approximate surface area is 76.6 Å². The zero-order valence-electron chi connectivity index (χ0n) is 8.01. The first-order valence-electron chi connectivity index (χ1n) is 4.16. The average Bonchev–Trinajstić information content (AvgIpc) is 2.02. The number of aromatic amines is 1. The van der Waals surface area contributed by atoms with Gasteiger partial charge in [0.1, 0.15) is 5.75 Å². The molecule has 1 heterocycles. The molecule has 1 aromatic heterocycles. The maximum atomic E-state index is 11.4. The maximum absolute atomic E-state index is 11.4. The van der Waals surface area contributed by atoms with Crippen LogP contribution in [0.4, 0.5) is 0 Å². The van der Waals surface area contributed by atoms with E-state index in [-0.39, 0.29) is 17.4 Å². The van der Waals surface area contributed by atoms with E-state index in [2.05, 4.69) is 10.3 Å². The van der Waals surface area contributed by atoms with E-state index >= 15 is 0 Å². The highest BCUT2D eigenvalue weighted by atomic mass is 16.3. The van der Waals surface area contributed by atoms with Crippen LogP contribution in [0, 0.1) is 6.92 Å². The van der Waals surface area contributed by atoms with Gasteiger partial charge < -0.3 is 15.4 Å². The van der Waals surface area contributed by atoms with E-state index in [1.807, 2.05) is 6.92 Å². The van der Waals surface area contributed by atoms with Crippen molar-refractivity contribution < 1.29 is 5.11 Å². The molecule has 1 aromatic rings. The van der Waals surface area contributed by atoms with Gasteiger partial charge in [-0.05, 0) is 27.0 Å². The molecule has 0 aliphatic carbocycles. The Morgan fingerprint density at radius 1 is 1.62 bits per heavy atom. The number of pyridine rings is 1. The molecule has 1 rings (SSSR count). The summed E-state index contributed by atoms with van der Waals surface area (Å²) in [6.07, 6.45) is 0. The fourth-order valence-electron chi connectivity index (χ4n) is 1.24. The largest absolute Gasteiger partial charge is 0.507 e. The quantitative estimate of drug-likeness (QED) is 0.629. The van der Waals surface area contributed by atoms with E-state index in [0.29, 0.717) is 11.3 Å². The van der Waals surface area contributed by atoms with Gasteiger partial charge in [-0.3, -0.25) is 4.79 Å². The minimum atomic E-state index is -0.237. The molecule has 0 spiro atoms. The number of aryl methyl sites for hydroxylation is 1. The number of H-pyrrole nitrogens is 1. The molecular weight excluding hydrogens is 168 g/mol. The molecule has 0 saturated carbocycles. The SMILES string of the molecule is CN[C@@H](C)c1c(O)cc(C)[nH]c1=O. The Kier molecular flexibility index (Phi) is 2.72. The van der Waals surface area contributed by atoms with Crippen molar-refractivity contribution in [3.63, 3.8) is 0 Å². The summed E-state index contributed by atoms with van der Waals surface area (Å²) in [4.78, 5) is 14.0. The van der Waals surface area contributed by atoms with Gasteiger partial charge in [0, 0.05) is 11.7 Å². The molecule has 4 nitrogen and oxygen atoms in total. The summed E-state index contributed by atoms with van der Waals surface area (Å²) in [5.41, 5.74) is 0.807. The second kappa shape index (κ2) is 3.62. The third-order valence-corrected chi connectivity index (χ3v) is 2.05. The number of hydrogen-bond donors (Lipinski definition) is 3. The van der Waals surface area contributed by atoms with E-state index in [1.165, 1.54) is 0 Å². The molecule has 0 radical (unpaired) electrons. The van der Waals surface area contributed by atoms with Crippen LogP contribution in [-0.4, -0.2) is 17.1 Å². The predicted molar refractivity (Wildman–Crippen MR) is 50.9 cm³/mol. The van der Waals surface area contributed by atoms with Crippen molar-refractivity contribution in [2.75, 3.05) is 7.05 Å². The first kappa shape index (κ1) is 9.80. The van der Waals surface area contributed by atoms with Crippen molar-refractivity contribution >= 4 is 0 Å². The lowest BCUT2D eigenvalue weighted by Gasteiger charge is -2.11. The zero-order chi connectivity index (χ0) is 10.0. The van der Waals surface area contributed by atoms with E-state index in [9.17, 15) is 9.90 Å². The minimum absolute atomic E-state index is 0.0445. The molecular formula is C9H14N2O2. The van der Waals surface area contributed by atoms with E-state index in [4.69, 9.17) is 0 Å². The summed E-state index contributed by atoms with van der Waals surface area (Å²) in [5.74, 6) is 0.0445. The van der Waals surface area contributed by atoms with Gasteiger partial charge >= 0.3 is 0 Å². The predicted octanol–water partition coefficient (Wildman–Crippen LogP) is 0.669. The third-order valence-electron chi connectivity index (χ3n) is 2.05. The van der Waals surface area contributed by atoms with Gasteiger partial charge in [-0.1, -0.05) is 0 Å². The van der Waals surface area contributed by atoms with Gasteiger partial charge in [-0.2, -0.15) is 0 Å². The van der Waals surface area contributed by atoms with Crippen LogP contribution in [0.2, 0.25) is 0 Å². The van der Waals surface area contributed by atoms with Crippen LogP contribution in [0.5, 0.6) is 5.75 Å². The lowest BCUT2D eigenvalue weighted by atomic mass is 10.1. The van der Waals surface area contributed by atoms with E-state index in [1.54, 1.807) is 20.0 Å². The van der Waals surface area contributed by atoms with Crippen LogP contribution in [0.15, 0.2) is 10.9 Å². The van der Waals surface area contributed by atoms with Crippen molar-refractivity contribution in [2.45, 2.75) is 19.9 Å².